The Morgan fingerprint density at radius 3 is 2.37 bits per heavy atom. The number of anilines is 3. The van der Waals surface area contributed by atoms with Crippen LogP contribution >= 0.6 is 0 Å². The Morgan fingerprint density at radius 2 is 1.53 bits per heavy atom. The molecule has 0 bridgehead atoms. The van der Waals surface area contributed by atoms with Crippen molar-refractivity contribution in [3.8, 4) is 28.7 Å². The summed E-state index contributed by atoms with van der Waals surface area (Å²) in [4.78, 5) is 16.4. The van der Waals surface area contributed by atoms with Crippen molar-refractivity contribution in [1.82, 2.24) is 24.1 Å². The van der Waals surface area contributed by atoms with Crippen LogP contribution in [0.1, 0.15) is 25.1 Å². The summed E-state index contributed by atoms with van der Waals surface area (Å²) in [5.41, 5.74) is 6.94. The Kier molecular flexibility index (Phi) is 7.46. The van der Waals surface area contributed by atoms with Gasteiger partial charge >= 0.3 is 21.1 Å². The first kappa shape index (κ1) is 30.8. The molecule has 0 unspecified atom stereocenters. The molecule has 0 atom stereocenters. The smallest absolute Gasteiger partial charge is 0.453 e. The molecule has 9 rings (SSSR count). The average Bonchev–Trinajstić information content (AvgIpc) is 3.70. The van der Waals surface area contributed by atoms with Crippen LogP contribution in [0.15, 0.2) is 128 Å². The molecule has 0 aliphatic carbocycles. The van der Waals surface area contributed by atoms with Crippen LogP contribution in [-0.2, 0) is 33.5 Å². The van der Waals surface area contributed by atoms with Crippen LogP contribution in [0.4, 0.5) is 17.1 Å². The molecule has 7 nitrogen and oxygen atoms in total. The Morgan fingerprint density at radius 1 is 0.714 bits per heavy atom. The van der Waals surface area contributed by atoms with Gasteiger partial charge in [0, 0.05) is 48.3 Å². The summed E-state index contributed by atoms with van der Waals surface area (Å²) in [6.07, 6.45) is 7.44. The van der Waals surface area contributed by atoms with Crippen LogP contribution in [-0.4, -0.2) is 24.1 Å². The van der Waals surface area contributed by atoms with E-state index in [2.05, 4.69) is 89.0 Å². The van der Waals surface area contributed by atoms with Crippen LogP contribution in [0.2, 0.25) is 0 Å². The summed E-state index contributed by atoms with van der Waals surface area (Å²) < 4.78 is 10.9. The predicted molar refractivity (Wildman–Crippen MR) is 190 cm³/mol. The van der Waals surface area contributed by atoms with Gasteiger partial charge in [0.05, 0.1) is 17.2 Å². The molecule has 0 fully saturated rings. The zero-order valence-electron chi connectivity index (χ0n) is 27.0. The number of aromatic nitrogens is 5. The van der Waals surface area contributed by atoms with Crippen LogP contribution in [0.5, 0.6) is 11.5 Å². The summed E-state index contributed by atoms with van der Waals surface area (Å²) in [6.45, 7) is 4.40. The SMILES string of the molecule is Cn1ccnc1-c1[c-]c(N(c2[c-]c3c(cc2)c2ccccc2n3-c2ccccn2)c2ccnc3c2Oc2ccccc2C3(C)C)ccc1.[Pt+2]. The van der Waals surface area contributed by atoms with E-state index >= 15 is 0 Å². The van der Waals surface area contributed by atoms with Crippen molar-refractivity contribution >= 4 is 38.9 Å². The zero-order chi connectivity index (χ0) is 32.4. The Bertz CT molecular complexity index is 2500. The minimum Gasteiger partial charge on any atom is -0.453 e. The molecule has 0 spiro atoms. The summed E-state index contributed by atoms with van der Waals surface area (Å²) >= 11 is 0. The third-order valence-corrected chi connectivity index (χ3v) is 9.26. The molecule has 49 heavy (non-hydrogen) atoms. The van der Waals surface area contributed by atoms with Crippen LogP contribution in [0, 0.1) is 12.1 Å². The van der Waals surface area contributed by atoms with E-state index in [0.29, 0.717) is 5.75 Å². The minimum atomic E-state index is -0.385. The first-order valence-electron chi connectivity index (χ1n) is 15.9. The van der Waals surface area contributed by atoms with E-state index in [0.717, 1.165) is 73.1 Å². The van der Waals surface area contributed by atoms with Crippen molar-refractivity contribution in [2.45, 2.75) is 19.3 Å². The number of para-hydroxylation sites is 2. The average molecular weight is 818 g/mol. The Labute approximate surface area is 298 Å². The van der Waals surface area contributed by atoms with E-state index in [1.165, 1.54) is 0 Å². The second-order valence-electron chi connectivity index (χ2n) is 12.5. The molecule has 0 N–H and O–H groups in total. The largest absolute Gasteiger partial charge is 2.00 e. The molecule has 5 heterocycles. The first-order chi connectivity index (χ1) is 23.5. The van der Waals surface area contributed by atoms with Gasteiger partial charge in [-0.3, -0.25) is 9.97 Å². The summed E-state index contributed by atoms with van der Waals surface area (Å²) in [7, 11) is 1.99. The third-order valence-electron chi connectivity index (χ3n) is 9.26. The number of fused-ring (bicyclic) bond motifs is 5. The third kappa shape index (κ3) is 4.88. The second-order valence-corrected chi connectivity index (χ2v) is 12.5. The molecule has 1 aliphatic rings. The van der Waals surface area contributed by atoms with Crippen LogP contribution in [0.3, 0.4) is 0 Å². The quantitative estimate of drug-likeness (QED) is 0.162. The van der Waals surface area contributed by atoms with Crippen molar-refractivity contribution in [3.63, 3.8) is 0 Å². The van der Waals surface area contributed by atoms with Gasteiger partial charge in [-0.15, -0.1) is 47.3 Å². The molecule has 0 amide bonds. The number of imidazole rings is 1. The van der Waals surface area contributed by atoms with Crippen molar-refractivity contribution in [2.24, 2.45) is 7.05 Å². The maximum Gasteiger partial charge on any atom is 2.00 e. The molecule has 1 aliphatic heterocycles. The second kappa shape index (κ2) is 11.9. The number of nitrogens with zero attached hydrogens (tertiary/aromatic N) is 6. The van der Waals surface area contributed by atoms with Gasteiger partial charge in [0.15, 0.2) is 5.75 Å². The van der Waals surface area contributed by atoms with Gasteiger partial charge in [-0.05, 0) is 55.3 Å². The van der Waals surface area contributed by atoms with Gasteiger partial charge in [-0.25, -0.2) is 4.98 Å². The number of ether oxygens (including phenoxy) is 1. The molecule has 4 aromatic heterocycles. The molecule has 0 radical (unpaired) electrons. The molecule has 8 aromatic rings. The Balaban J connectivity index is 0.00000348. The van der Waals surface area contributed by atoms with Gasteiger partial charge in [-0.1, -0.05) is 53.7 Å². The van der Waals surface area contributed by atoms with Gasteiger partial charge in [0.25, 0.3) is 0 Å². The fourth-order valence-corrected chi connectivity index (χ4v) is 6.94. The zero-order valence-corrected chi connectivity index (χ0v) is 29.3. The van der Waals surface area contributed by atoms with Crippen LogP contribution in [0.25, 0.3) is 39.0 Å². The van der Waals surface area contributed by atoms with Gasteiger partial charge in [-0.2, -0.15) is 6.07 Å². The standard InChI is InChI=1S/C41H30N6O.Pt/c1-41(2)32-14-5-7-16-36(32)48-38-34(20-22-43-39(38)41)46(28-12-10-11-27(25-28)40-44-23-24-45(40)3)29-18-19-31-30-13-4-6-15-33(30)47(35(31)26-29)37-17-8-9-21-42-37;/h4-24H,1-3H3;/q-2;+2. The van der Waals surface area contributed by atoms with Crippen molar-refractivity contribution in [3.05, 3.63) is 151 Å². The maximum atomic E-state index is 6.75. The van der Waals surface area contributed by atoms with Crippen LogP contribution < -0.4 is 9.64 Å². The fourth-order valence-electron chi connectivity index (χ4n) is 6.94. The number of hydrogen-bond donors (Lipinski definition) is 0. The van der Waals surface area contributed by atoms with E-state index < -0.39 is 0 Å². The topological polar surface area (TPSA) is 61.0 Å². The molecular weight excluding hydrogens is 788 g/mol. The maximum absolute atomic E-state index is 6.75. The van der Waals surface area contributed by atoms with Gasteiger partial charge < -0.3 is 18.8 Å². The molecule has 8 heteroatoms. The summed E-state index contributed by atoms with van der Waals surface area (Å²) in [5.74, 6) is 3.19. The summed E-state index contributed by atoms with van der Waals surface area (Å²) in [5, 5.41) is 2.23. The Hall–Kier alpha value is -5.52. The fraction of sp³-hybridized carbons (Fsp3) is 0.0976. The van der Waals surface area contributed by atoms with Crippen molar-refractivity contribution in [2.75, 3.05) is 4.90 Å². The van der Waals surface area contributed by atoms with E-state index in [1.54, 1.807) is 6.20 Å². The van der Waals surface area contributed by atoms with E-state index in [1.807, 2.05) is 84.8 Å². The van der Waals surface area contributed by atoms with E-state index in [4.69, 9.17) is 14.7 Å². The minimum absolute atomic E-state index is 0. The van der Waals surface area contributed by atoms with Crippen molar-refractivity contribution < 1.29 is 25.8 Å². The number of aryl methyl sites for hydroxylation is 1. The monoisotopic (exact) mass is 817 g/mol. The molecular formula is C41H30N6OPt. The number of hydrogen-bond acceptors (Lipinski definition) is 5. The van der Waals surface area contributed by atoms with E-state index in [-0.39, 0.29) is 26.5 Å². The molecule has 0 saturated heterocycles. The predicted octanol–water partition coefficient (Wildman–Crippen LogP) is 9.47. The van der Waals surface area contributed by atoms with E-state index in [9.17, 15) is 0 Å². The van der Waals surface area contributed by atoms with Crippen molar-refractivity contribution in [1.29, 1.82) is 0 Å². The molecule has 0 saturated carbocycles. The molecule has 4 aromatic carbocycles. The number of benzene rings is 4. The summed E-state index contributed by atoms with van der Waals surface area (Å²) in [6, 6.07) is 42.5. The first-order valence-corrected chi connectivity index (χ1v) is 15.9. The van der Waals surface area contributed by atoms with Gasteiger partial charge in [0.1, 0.15) is 11.6 Å². The normalized spacial score (nSPS) is 13.0. The number of rotatable bonds is 5. The molecule has 240 valence electrons. The number of pyridine rings is 2. The van der Waals surface area contributed by atoms with Gasteiger partial charge in [0.2, 0.25) is 0 Å².